The monoisotopic (exact) mass is 983 g/mol. The number of aliphatic hydroxyl groups is 6. The Morgan fingerprint density at radius 3 is 1.68 bits per heavy atom. The molecule has 8 aliphatic rings. The van der Waals surface area contributed by atoms with Gasteiger partial charge in [0.2, 0.25) is 9.84 Å². The number of aliphatic hydroxyl groups excluding tert-OH is 5. The predicted octanol–water partition coefficient (Wildman–Crippen LogP) is 8.10. The van der Waals surface area contributed by atoms with Gasteiger partial charge in [-0.05, 0) is 214 Å². The highest BCUT2D eigenvalue weighted by Gasteiger charge is 2.69. The van der Waals surface area contributed by atoms with Crippen LogP contribution in [0.1, 0.15) is 163 Å². The van der Waals surface area contributed by atoms with Crippen LogP contribution in [0.15, 0.2) is 29.2 Å². The molecule has 8 aliphatic carbocycles. The largest absolute Gasteiger partial charge is 0.393 e. The van der Waals surface area contributed by atoms with E-state index in [0.29, 0.717) is 50.9 Å². The zero-order valence-corrected chi connectivity index (χ0v) is 43.6. The molecule has 0 bridgehead atoms. The lowest BCUT2D eigenvalue weighted by molar-refractivity contribution is -0.259. The summed E-state index contributed by atoms with van der Waals surface area (Å²) in [5.74, 6) is -0.108. The predicted molar refractivity (Wildman–Crippen MR) is 259 cm³/mol. The molecule has 0 amide bonds. The molecule has 0 heterocycles. The molecule has 9 rings (SSSR count). The number of rotatable bonds is 10. The molecule has 0 saturated heterocycles. The highest BCUT2D eigenvalue weighted by Crippen LogP contribution is 2.71. The van der Waals surface area contributed by atoms with E-state index in [-0.39, 0.29) is 119 Å². The average molecular weight is 983 g/mol. The summed E-state index contributed by atoms with van der Waals surface area (Å²) >= 11 is 0. The first-order valence-corrected chi connectivity index (χ1v) is 28.6. The molecule has 13 heteroatoms. The fourth-order valence-corrected chi connectivity index (χ4v) is 20.9. The third kappa shape index (κ3) is 8.12. The first-order valence-electron chi connectivity index (χ1n) is 27.2. The van der Waals surface area contributed by atoms with Gasteiger partial charge in [-0.1, -0.05) is 66.2 Å². The van der Waals surface area contributed by atoms with Crippen molar-refractivity contribution in [2.45, 2.75) is 205 Å². The van der Waals surface area contributed by atoms with Gasteiger partial charge in [0.25, 0.3) is 0 Å². The Bertz CT molecular complexity index is 2180. The van der Waals surface area contributed by atoms with Crippen molar-refractivity contribution < 1.29 is 58.4 Å². The molecule has 8 fully saturated rings. The molecule has 0 aromatic heterocycles. The summed E-state index contributed by atoms with van der Waals surface area (Å²) < 4.78 is 27.7. The Balaban J connectivity index is 0.757. The maximum atomic E-state index is 13.9. The molecule has 0 radical (unpaired) electrons. The average Bonchev–Trinajstić information content (AvgIpc) is 3.84. The molecule has 69 heavy (non-hydrogen) atoms. The molecule has 0 aliphatic heterocycles. The molecule has 12 nitrogen and oxygen atoms in total. The smallest absolute Gasteiger partial charge is 0.355 e. The van der Waals surface area contributed by atoms with Crippen LogP contribution in [0.5, 0.6) is 0 Å². The Hall–Kier alpha value is -2.13. The van der Waals surface area contributed by atoms with Crippen molar-refractivity contribution in [2.24, 2.45) is 98.6 Å². The highest BCUT2D eigenvalue weighted by molar-refractivity contribution is 7.92. The topological polar surface area (TPSA) is 208 Å². The lowest BCUT2D eigenvalue weighted by Crippen LogP contribution is -2.64. The van der Waals surface area contributed by atoms with Gasteiger partial charge in [0, 0.05) is 0 Å². The normalized spacial score (nSPS) is 48.9. The summed E-state index contributed by atoms with van der Waals surface area (Å²) in [6.07, 6.45) is 6.35. The van der Waals surface area contributed by atoms with Crippen LogP contribution in [0.3, 0.4) is 0 Å². The van der Waals surface area contributed by atoms with E-state index in [1.54, 1.807) is 24.3 Å². The number of carbonyl (C=O) groups is 2. The minimum atomic E-state index is -4.05. The number of carbonyl (C=O) groups excluding carboxylic acids is 2. The van der Waals surface area contributed by atoms with Crippen molar-refractivity contribution in [3.8, 4) is 0 Å². The molecule has 23 unspecified atom stereocenters. The van der Waals surface area contributed by atoms with Crippen molar-refractivity contribution in [1.82, 2.24) is 0 Å². The van der Waals surface area contributed by atoms with Crippen LogP contribution in [0.2, 0.25) is 0 Å². The van der Waals surface area contributed by atoms with Gasteiger partial charge in [-0.25, -0.2) is 27.8 Å². The molecular weight excluding hydrogens is 897 g/mol. The van der Waals surface area contributed by atoms with Gasteiger partial charge in [0.15, 0.2) is 4.93 Å². The lowest BCUT2D eigenvalue weighted by atomic mass is 9.41. The Kier molecular flexibility index (Phi) is 13.8. The quantitative estimate of drug-likeness (QED) is 0.0972. The number of benzene rings is 1. The van der Waals surface area contributed by atoms with E-state index >= 15 is 0 Å². The van der Waals surface area contributed by atoms with Crippen LogP contribution in [0.25, 0.3) is 0 Å². The second-order valence-corrected chi connectivity index (χ2v) is 28.2. The van der Waals surface area contributed by atoms with E-state index in [4.69, 9.17) is 9.78 Å². The molecule has 1 aromatic rings. The summed E-state index contributed by atoms with van der Waals surface area (Å²) in [4.78, 5) is 34.5. The Morgan fingerprint density at radius 2 is 1.14 bits per heavy atom. The van der Waals surface area contributed by atoms with Crippen LogP contribution in [0, 0.1) is 106 Å². The van der Waals surface area contributed by atoms with Crippen molar-refractivity contribution in [2.75, 3.05) is 0 Å². The van der Waals surface area contributed by atoms with Crippen molar-refractivity contribution in [3.05, 3.63) is 29.8 Å². The van der Waals surface area contributed by atoms with Gasteiger partial charge in [-0.15, -0.1) is 0 Å². The first kappa shape index (κ1) is 51.8. The molecular formula is C56H86O12S. The summed E-state index contributed by atoms with van der Waals surface area (Å²) in [7, 11) is -4.05. The molecule has 6 N–H and O–H groups in total. The van der Waals surface area contributed by atoms with Gasteiger partial charge in [0.05, 0.1) is 48.3 Å². The van der Waals surface area contributed by atoms with E-state index in [9.17, 15) is 48.6 Å². The van der Waals surface area contributed by atoms with E-state index in [1.165, 1.54) is 0 Å². The third-order valence-corrected chi connectivity index (χ3v) is 25.6. The number of fused-ring (bicyclic) bond motifs is 10. The zero-order chi connectivity index (χ0) is 50.0. The van der Waals surface area contributed by atoms with Crippen molar-refractivity contribution >= 4 is 21.8 Å². The van der Waals surface area contributed by atoms with Gasteiger partial charge in [0.1, 0.15) is 0 Å². The van der Waals surface area contributed by atoms with Gasteiger partial charge >= 0.3 is 11.9 Å². The number of aryl methyl sites for hydroxylation is 1. The second kappa shape index (κ2) is 18.4. The zero-order valence-electron chi connectivity index (χ0n) is 42.8. The fraction of sp³-hybridized carbons (Fsp3) is 0.857. The Morgan fingerprint density at radius 1 is 0.652 bits per heavy atom. The number of sulfone groups is 1. The standard InChI is InChI=1S/C56H86O12S/c1-30-9-13-37(14-10-30)69(65,66)56(64)22-21-52(5)35(29-56)26-45(59)50-40-17-15-38(54(40,7)46(60)27-42(50)52)31(2)11-19-48(62)67-68-49(63)20-12-32(3)39-16-18-41-51-43(28-47(61)55(39,41)8)53(6)33(4)23-36(57)24-34(53)25-44(51)58/h9-10,13-14,31-36,38-47,50-51,57-61,64H,11-12,15-29H2,1-8H3. The maximum absolute atomic E-state index is 13.9. The van der Waals surface area contributed by atoms with Gasteiger partial charge in [-0.2, -0.15) is 0 Å². The second-order valence-electron chi connectivity index (χ2n) is 26.0. The molecule has 8 saturated carbocycles. The summed E-state index contributed by atoms with van der Waals surface area (Å²) in [6.45, 7) is 17.3. The van der Waals surface area contributed by atoms with Crippen molar-refractivity contribution in [1.29, 1.82) is 0 Å². The van der Waals surface area contributed by atoms with Crippen LogP contribution in [-0.4, -0.2) is 86.4 Å². The van der Waals surface area contributed by atoms with E-state index in [0.717, 1.165) is 44.1 Å². The van der Waals surface area contributed by atoms with Gasteiger partial charge in [-0.3, -0.25) is 0 Å². The maximum Gasteiger partial charge on any atom is 0.355 e. The Labute approximate surface area is 412 Å². The summed E-state index contributed by atoms with van der Waals surface area (Å²) in [5, 5.41) is 70.4. The van der Waals surface area contributed by atoms with E-state index in [1.807, 2.05) is 6.92 Å². The van der Waals surface area contributed by atoms with Crippen LogP contribution < -0.4 is 0 Å². The SMILES string of the molecule is Cc1ccc(S(=O)(=O)C2(O)CCC3(C)C(CC(O)C4C3CC(O)C3(C)C(C(C)CCC(=O)OOC(=O)CCC(C)C5CCC6C7C(O)CC8CC(O)CC(C)C8(C)C7CC(O)C56C)CCC43)C2)cc1. The van der Waals surface area contributed by atoms with Gasteiger partial charge < -0.3 is 30.6 Å². The molecule has 388 valence electrons. The lowest BCUT2D eigenvalue weighted by Gasteiger charge is -2.65. The molecule has 0 spiro atoms. The third-order valence-electron chi connectivity index (χ3n) is 23.3. The van der Waals surface area contributed by atoms with Crippen LogP contribution in [-0.2, 0) is 29.2 Å². The minimum Gasteiger partial charge on any atom is -0.393 e. The molecule has 1 aromatic carbocycles. The summed E-state index contributed by atoms with van der Waals surface area (Å²) in [5.41, 5.74) is -0.345. The first-order chi connectivity index (χ1) is 32.3. The van der Waals surface area contributed by atoms with Crippen LogP contribution >= 0.6 is 0 Å². The fourth-order valence-electron chi connectivity index (χ4n) is 19.2. The molecule has 23 atom stereocenters. The van der Waals surface area contributed by atoms with Crippen LogP contribution in [0.4, 0.5) is 0 Å². The van der Waals surface area contributed by atoms with E-state index in [2.05, 4.69) is 48.5 Å². The minimum absolute atomic E-state index is 0.0302. The highest BCUT2D eigenvalue weighted by atomic mass is 32.2. The van der Waals surface area contributed by atoms with E-state index < -0.39 is 62.0 Å². The number of hydrogen-bond donors (Lipinski definition) is 6. The number of hydrogen-bond acceptors (Lipinski definition) is 12. The summed E-state index contributed by atoms with van der Waals surface area (Å²) in [6, 6.07) is 6.61. The van der Waals surface area contributed by atoms with Crippen molar-refractivity contribution in [3.63, 3.8) is 0 Å².